The van der Waals surface area contributed by atoms with Gasteiger partial charge in [-0.05, 0) is 25.5 Å². The lowest BCUT2D eigenvalue weighted by molar-refractivity contribution is -0.128. The normalized spacial score (nSPS) is 20.0. The Kier molecular flexibility index (Phi) is 4.84. The highest BCUT2D eigenvalue weighted by molar-refractivity contribution is 5.80. The van der Waals surface area contributed by atoms with Crippen molar-refractivity contribution in [2.45, 2.75) is 38.8 Å². The van der Waals surface area contributed by atoms with E-state index in [0.29, 0.717) is 19.5 Å². The zero-order chi connectivity index (χ0) is 17.9. The smallest absolute Gasteiger partial charge is 0.225 e. The summed E-state index contributed by atoms with van der Waals surface area (Å²) in [5.74, 6) is 1.90. The van der Waals surface area contributed by atoms with E-state index in [4.69, 9.17) is 0 Å². The number of anilines is 1. The average molecular weight is 351 g/mol. The van der Waals surface area contributed by atoms with Gasteiger partial charge in [0.1, 0.15) is 11.6 Å². The number of nitrogens with one attached hydrogen (secondary N) is 2. The van der Waals surface area contributed by atoms with Gasteiger partial charge in [0.25, 0.3) is 0 Å². The molecule has 0 saturated carbocycles. The van der Waals surface area contributed by atoms with Gasteiger partial charge in [-0.15, -0.1) is 0 Å². The highest BCUT2D eigenvalue weighted by atomic mass is 16.2. The quantitative estimate of drug-likeness (QED) is 0.877. The number of carbonyl (C=O) groups is 1. The molecule has 136 valence electrons. The predicted molar refractivity (Wildman–Crippen MR) is 101 cm³/mol. The van der Waals surface area contributed by atoms with Crippen molar-refractivity contribution in [3.05, 3.63) is 53.0 Å². The fraction of sp³-hybridized carbons (Fsp3) is 0.450. The summed E-state index contributed by atoms with van der Waals surface area (Å²) < 4.78 is 0. The van der Waals surface area contributed by atoms with E-state index in [1.54, 1.807) is 0 Å². The van der Waals surface area contributed by atoms with Crippen LogP contribution in [0.2, 0.25) is 0 Å². The standard InChI is InChI=1S/C20H25N5O/c1-14-22-18-8-10-21-9-7-17(18)20(23-14)24-16-11-19(26)25(13-16)12-15-5-3-2-4-6-15/h2-6,16,21H,7-13H2,1H3,(H,22,23,24). The lowest BCUT2D eigenvalue weighted by atomic mass is 10.1. The Morgan fingerprint density at radius 3 is 2.85 bits per heavy atom. The van der Waals surface area contributed by atoms with Gasteiger partial charge in [0.05, 0.1) is 11.7 Å². The number of hydrogen-bond donors (Lipinski definition) is 2. The second-order valence-electron chi connectivity index (χ2n) is 7.10. The topological polar surface area (TPSA) is 70.2 Å². The van der Waals surface area contributed by atoms with Crippen molar-refractivity contribution in [3.8, 4) is 0 Å². The minimum absolute atomic E-state index is 0.0980. The van der Waals surface area contributed by atoms with E-state index >= 15 is 0 Å². The molecule has 0 radical (unpaired) electrons. The number of benzene rings is 1. The summed E-state index contributed by atoms with van der Waals surface area (Å²) in [7, 11) is 0. The molecule has 2 N–H and O–H groups in total. The second-order valence-corrected chi connectivity index (χ2v) is 7.10. The molecular formula is C20H25N5O. The van der Waals surface area contributed by atoms with Gasteiger partial charge in [-0.1, -0.05) is 30.3 Å². The molecule has 1 fully saturated rings. The molecule has 6 nitrogen and oxygen atoms in total. The number of hydrogen-bond acceptors (Lipinski definition) is 5. The Morgan fingerprint density at radius 1 is 1.19 bits per heavy atom. The van der Waals surface area contributed by atoms with Crippen LogP contribution >= 0.6 is 0 Å². The van der Waals surface area contributed by atoms with E-state index in [0.717, 1.165) is 43.3 Å². The van der Waals surface area contributed by atoms with Crippen LogP contribution in [0.25, 0.3) is 0 Å². The Morgan fingerprint density at radius 2 is 2.00 bits per heavy atom. The van der Waals surface area contributed by atoms with Crippen LogP contribution in [0, 0.1) is 6.92 Å². The van der Waals surface area contributed by atoms with Crippen LogP contribution < -0.4 is 10.6 Å². The first-order chi connectivity index (χ1) is 12.7. The predicted octanol–water partition coefficient (Wildman–Crippen LogP) is 1.69. The zero-order valence-corrected chi connectivity index (χ0v) is 15.2. The fourth-order valence-corrected chi connectivity index (χ4v) is 3.81. The van der Waals surface area contributed by atoms with Crippen LogP contribution in [0.5, 0.6) is 0 Å². The molecule has 26 heavy (non-hydrogen) atoms. The number of likely N-dealkylation sites (tertiary alicyclic amines) is 1. The summed E-state index contributed by atoms with van der Waals surface area (Å²) in [6, 6.07) is 10.2. The van der Waals surface area contributed by atoms with Crippen molar-refractivity contribution in [1.82, 2.24) is 20.2 Å². The van der Waals surface area contributed by atoms with Crippen LogP contribution in [-0.4, -0.2) is 46.5 Å². The maximum absolute atomic E-state index is 12.4. The van der Waals surface area contributed by atoms with E-state index in [9.17, 15) is 4.79 Å². The summed E-state index contributed by atoms with van der Waals surface area (Å²) in [4.78, 5) is 23.6. The van der Waals surface area contributed by atoms with Crippen molar-refractivity contribution in [2.24, 2.45) is 0 Å². The molecule has 1 aromatic heterocycles. The minimum Gasteiger partial charge on any atom is -0.365 e. The Hall–Kier alpha value is -2.47. The summed E-state index contributed by atoms with van der Waals surface area (Å²) in [5, 5.41) is 6.96. The number of aromatic nitrogens is 2. The zero-order valence-electron chi connectivity index (χ0n) is 15.2. The number of aryl methyl sites for hydroxylation is 1. The summed E-state index contributed by atoms with van der Waals surface area (Å²) in [6.45, 7) is 5.21. The third-order valence-corrected chi connectivity index (χ3v) is 5.07. The van der Waals surface area contributed by atoms with Gasteiger partial charge in [0.2, 0.25) is 5.91 Å². The van der Waals surface area contributed by atoms with Gasteiger partial charge in [0.15, 0.2) is 0 Å². The summed E-state index contributed by atoms with van der Waals surface area (Å²) in [6.07, 6.45) is 2.37. The van der Waals surface area contributed by atoms with Gasteiger partial charge < -0.3 is 15.5 Å². The molecule has 1 atom stereocenters. The third-order valence-electron chi connectivity index (χ3n) is 5.07. The highest BCUT2D eigenvalue weighted by Gasteiger charge is 2.30. The molecule has 1 aromatic carbocycles. The van der Waals surface area contributed by atoms with Crippen molar-refractivity contribution in [1.29, 1.82) is 0 Å². The number of amides is 1. The molecule has 2 aliphatic rings. The molecule has 1 saturated heterocycles. The molecule has 3 heterocycles. The van der Waals surface area contributed by atoms with Gasteiger partial charge >= 0.3 is 0 Å². The van der Waals surface area contributed by atoms with Crippen LogP contribution in [0.1, 0.15) is 29.1 Å². The fourth-order valence-electron chi connectivity index (χ4n) is 3.81. The molecular weight excluding hydrogens is 326 g/mol. The Balaban J connectivity index is 1.48. The van der Waals surface area contributed by atoms with E-state index in [1.165, 1.54) is 11.1 Å². The SMILES string of the molecule is Cc1nc2c(c(NC3CC(=O)N(Cc4ccccc4)C3)n1)CCNCC2. The van der Waals surface area contributed by atoms with E-state index < -0.39 is 0 Å². The maximum Gasteiger partial charge on any atom is 0.225 e. The van der Waals surface area contributed by atoms with Gasteiger partial charge in [-0.25, -0.2) is 9.97 Å². The largest absolute Gasteiger partial charge is 0.365 e. The minimum atomic E-state index is 0.0980. The molecule has 0 aliphatic carbocycles. The van der Waals surface area contributed by atoms with Gasteiger partial charge in [-0.3, -0.25) is 4.79 Å². The van der Waals surface area contributed by atoms with E-state index in [2.05, 4.69) is 32.7 Å². The molecule has 1 amide bonds. The van der Waals surface area contributed by atoms with E-state index in [-0.39, 0.29) is 11.9 Å². The van der Waals surface area contributed by atoms with Crippen LogP contribution in [-0.2, 0) is 24.2 Å². The summed E-state index contributed by atoms with van der Waals surface area (Å²) in [5.41, 5.74) is 3.50. The monoisotopic (exact) mass is 351 g/mol. The Bertz CT molecular complexity index is 792. The second kappa shape index (κ2) is 7.41. The number of nitrogens with zero attached hydrogens (tertiary/aromatic N) is 3. The van der Waals surface area contributed by atoms with Crippen LogP contribution in [0.15, 0.2) is 30.3 Å². The first-order valence-corrected chi connectivity index (χ1v) is 9.34. The van der Waals surface area contributed by atoms with Gasteiger partial charge in [0, 0.05) is 38.0 Å². The van der Waals surface area contributed by atoms with Crippen molar-refractivity contribution in [2.75, 3.05) is 25.0 Å². The number of carbonyl (C=O) groups excluding carboxylic acids is 1. The molecule has 0 bridgehead atoms. The van der Waals surface area contributed by atoms with Crippen LogP contribution in [0.3, 0.4) is 0 Å². The van der Waals surface area contributed by atoms with Crippen molar-refractivity contribution in [3.63, 3.8) is 0 Å². The molecule has 0 spiro atoms. The lowest BCUT2D eigenvalue weighted by Gasteiger charge is -2.19. The molecule has 4 rings (SSSR count). The maximum atomic E-state index is 12.4. The third kappa shape index (κ3) is 3.70. The molecule has 1 unspecified atom stereocenters. The van der Waals surface area contributed by atoms with Gasteiger partial charge in [-0.2, -0.15) is 0 Å². The number of rotatable bonds is 4. The van der Waals surface area contributed by atoms with Crippen molar-refractivity contribution >= 4 is 11.7 Å². The molecule has 6 heteroatoms. The highest BCUT2D eigenvalue weighted by Crippen LogP contribution is 2.23. The van der Waals surface area contributed by atoms with Crippen molar-refractivity contribution < 1.29 is 4.79 Å². The summed E-state index contributed by atoms with van der Waals surface area (Å²) >= 11 is 0. The Labute approximate surface area is 154 Å². The van der Waals surface area contributed by atoms with E-state index in [1.807, 2.05) is 30.0 Å². The first kappa shape index (κ1) is 17.0. The first-order valence-electron chi connectivity index (χ1n) is 9.34. The molecule has 2 aliphatic heterocycles. The average Bonchev–Trinajstić information content (AvgIpc) is 2.82. The van der Waals surface area contributed by atoms with Crippen LogP contribution in [0.4, 0.5) is 5.82 Å². The number of fused-ring (bicyclic) bond motifs is 1. The lowest BCUT2D eigenvalue weighted by Crippen LogP contribution is -2.28. The molecule has 2 aromatic rings.